The maximum Gasteiger partial charge on any atom is -0.369 e. The smallest absolute Gasteiger partial charge is 0.369 e. The van der Waals surface area contributed by atoms with Gasteiger partial charge < -0.3 is 6.15 Å². The second-order valence-electron chi connectivity index (χ2n) is 5.18. The Morgan fingerprint density at radius 3 is 0.889 bits per heavy atom. The molecular formula is C16H40FeN+. The normalized spacial score (nSPS) is 12.2. The second-order valence-corrected chi connectivity index (χ2v) is 10.7. The molecule has 0 aliphatic rings. The summed E-state index contributed by atoms with van der Waals surface area (Å²) in [7, 11) is 0. The average Bonchev–Trinajstić information content (AvgIpc) is 2.37. The summed E-state index contributed by atoms with van der Waals surface area (Å²) in [6.07, 6.45) is 11.6. The molecule has 116 valence electrons. The number of hydrogen-bond donors (Lipinski definition) is 1. The minimum atomic E-state index is -0.721. The minimum absolute atomic E-state index is 0. The molecule has 0 aliphatic heterocycles. The van der Waals surface area contributed by atoms with Gasteiger partial charge in [-0.3, -0.25) is 0 Å². The zero-order chi connectivity index (χ0) is 13.0. The summed E-state index contributed by atoms with van der Waals surface area (Å²) in [6, 6.07) is 0. The average molecular weight is 302 g/mol. The van der Waals surface area contributed by atoms with Crippen molar-refractivity contribution in [2.75, 3.05) is 0 Å². The summed E-state index contributed by atoms with van der Waals surface area (Å²) in [4.78, 5) is 0. The molecule has 4 N–H and O–H groups in total. The zero-order valence-corrected chi connectivity index (χ0v) is 14.9. The van der Waals surface area contributed by atoms with Gasteiger partial charge in [0.1, 0.15) is 0 Å². The van der Waals surface area contributed by atoms with E-state index in [1.54, 1.807) is 21.3 Å². The summed E-state index contributed by atoms with van der Waals surface area (Å²) in [5.74, 6) is 0. The molecule has 0 spiro atoms. The van der Waals surface area contributed by atoms with Crippen molar-refractivity contribution in [3.8, 4) is 0 Å². The Morgan fingerprint density at radius 1 is 0.500 bits per heavy atom. The molecule has 0 amide bonds. The summed E-state index contributed by atoms with van der Waals surface area (Å²) in [5.41, 5.74) is 0. The molecule has 1 nitrogen and oxygen atoms in total. The van der Waals surface area contributed by atoms with Gasteiger partial charge >= 0.3 is 113 Å². The van der Waals surface area contributed by atoms with Gasteiger partial charge in [-0.25, -0.2) is 0 Å². The fourth-order valence-electron chi connectivity index (χ4n) is 2.09. The van der Waals surface area contributed by atoms with Gasteiger partial charge in [0.25, 0.3) is 0 Å². The van der Waals surface area contributed by atoms with Crippen molar-refractivity contribution in [3.05, 3.63) is 0 Å². The fourth-order valence-corrected chi connectivity index (χ4v) is 8.62. The SMILES string of the molecule is CCC[CH2][Fe]([CH2]CCC)([CH2]CCC)[CH2]CCC.[NH4+]. The van der Waals surface area contributed by atoms with Crippen molar-refractivity contribution in [2.45, 2.75) is 100 Å². The first-order valence-corrected chi connectivity index (χ1v) is 11.0. The molecule has 0 saturated heterocycles. The molecular weight excluding hydrogens is 262 g/mol. The summed E-state index contributed by atoms with van der Waals surface area (Å²) < 4.78 is 0. The van der Waals surface area contributed by atoms with Crippen molar-refractivity contribution in [3.63, 3.8) is 0 Å². The number of rotatable bonds is 12. The topological polar surface area (TPSA) is 36.5 Å². The largest absolute Gasteiger partial charge is 0.369 e. The number of hydrogen-bond acceptors (Lipinski definition) is 0. The monoisotopic (exact) mass is 302 g/mol. The summed E-state index contributed by atoms with van der Waals surface area (Å²) in [5, 5.41) is 6.46. The van der Waals surface area contributed by atoms with E-state index in [9.17, 15) is 0 Å². The Bertz CT molecular complexity index is 122. The van der Waals surface area contributed by atoms with Gasteiger partial charge in [-0.05, 0) is 0 Å². The first kappa shape index (κ1) is 20.8. The van der Waals surface area contributed by atoms with E-state index in [2.05, 4.69) is 27.7 Å². The van der Waals surface area contributed by atoms with Crippen LogP contribution in [0, 0.1) is 0 Å². The zero-order valence-electron chi connectivity index (χ0n) is 13.8. The van der Waals surface area contributed by atoms with Crippen LogP contribution in [0.5, 0.6) is 0 Å². The number of quaternary nitrogens is 1. The van der Waals surface area contributed by atoms with E-state index in [1.807, 2.05) is 0 Å². The third-order valence-corrected chi connectivity index (χ3v) is 9.66. The first-order chi connectivity index (χ1) is 8.24. The summed E-state index contributed by atoms with van der Waals surface area (Å²) in [6.45, 7) is 9.43. The van der Waals surface area contributed by atoms with Crippen LogP contribution in [0.3, 0.4) is 0 Å². The molecule has 0 rings (SSSR count). The Morgan fingerprint density at radius 2 is 0.722 bits per heavy atom. The van der Waals surface area contributed by atoms with Crippen molar-refractivity contribution < 1.29 is 12.8 Å². The van der Waals surface area contributed by atoms with Crippen molar-refractivity contribution in [1.82, 2.24) is 6.15 Å². The van der Waals surface area contributed by atoms with Crippen molar-refractivity contribution in [2.24, 2.45) is 0 Å². The van der Waals surface area contributed by atoms with Gasteiger partial charge in [-0.1, -0.05) is 0 Å². The molecule has 0 radical (unpaired) electrons. The van der Waals surface area contributed by atoms with Crippen molar-refractivity contribution >= 4 is 0 Å². The van der Waals surface area contributed by atoms with Gasteiger partial charge in [0.05, 0.1) is 0 Å². The van der Waals surface area contributed by atoms with Crippen molar-refractivity contribution in [1.29, 1.82) is 0 Å². The molecule has 0 aromatic heterocycles. The Kier molecular flexibility index (Phi) is 16.1. The Balaban J connectivity index is 0. The quantitative estimate of drug-likeness (QED) is 0.365. The van der Waals surface area contributed by atoms with Crippen LogP contribution in [-0.2, 0) is 12.8 Å². The standard InChI is InChI=1S/4C4H9.Fe.H3N/c4*1-3-4-2;;/h4*1,3-4H2,2H3;;1H3/p+1. The minimum Gasteiger partial charge on any atom is -0.369 e. The molecule has 18 heavy (non-hydrogen) atoms. The third-order valence-electron chi connectivity index (χ3n) is 3.41. The van der Waals surface area contributed by atoms with Crippen LogP contribution in [0.25, 0.3) is 0 Å². The Hall–Kier alpha value is 0.479. The summed E-state index contributed by atoms with van der Waals surface area (Å²) >= 11 is -0.721. The molecule has 0 fully saturated rings. The van der Waals surface area contributed by atoms with Crippen LogP contribution < -0.4 is 6.15 Å². The van der Waals surface area contributed by atoms with E-state index >= 15 is 0 Å². The van der Waals surface area contributed by atoms with E-state index in [-0.39, 0.29) is 6.15 Å². The fraction of sp³-hybridized carbons (Fsp3) is 1.00. The van der Waals surface area contributed by atoms with Gasteiger partial charge in [0.2, 0.25) is 0 Å². The van der Waals surface area contributed by atoms with E-state index < -0.39 is 12.8 Å². The first-order valence-electron chi connectivity index (χ1n) is 7.83. The van der Waals surface area contributed by atoms with Gasteiger partial charge in [0.15, 0.2) is 0 Å². The van der Waals surface area contributed by atoms with Crippen LogP contribution >= 0.6 is 0 Å². The molecule has 0 heterocycles. The van der Waals surface area contributed by atoms with E-state index in [1.165, 1.54) is 51.4 Å². The van der Waals surface area contributed by atoms with Crippen LogP contribution in [0.4, 0.5) is 0 Å². The van der Waals surface area contributed by atoms with Crippen LogP contribution in [0.1, 0.15) is 79.1 Å². The van der Waals surface area contributed by atoms with Gasteiger partial charge in [-0.15, -0.1) is 0 Å². The molecule has 0 unspecified atom stereocenters. The van der Waals surface area contributed by atoms with E-state index in [4.69, 9.17) is 0 Å². The van der Waals surface area contributed by atoms with Crippen LogP contribution in [-0.4, -0.2) is 0 Å². The number of unbranched alkanes of at least 4 members (excludes halogenated alkanes) is 4. The third kappa shape index (κ3) is 9.41. The van der Waals surface area contributed by atoms with E-state index in [0.29, 0.717) is 0 Å². The van der Waals surface area contributed by atoms with Crippen LogP contribution in [0.15, 0.2) is 0 Å². The molecule has 0 aliphatic carbocycles. The molecule has 2 heteroatoms. The van der Waals surface area contributed by atoms with Crippen LogP contribution in [0.2, 0.25) is 21.3 Å². The molecule has 0 bridgehead atoms. The predicted octanol–water partition coefficient (Wildman–Crippen LogP) is 7.39. The predicted molar refractivity (Wildman–Crippen MR) is 84.8 cm³/mol. The van der Waals surface area contributed by atoms with Gasteiger partial charge in [-0.2, -0.15) is 0 Å². The Labute approximate surface area is 119 Å². The molecule has 0 aromatic carbocycles. The molecule has 0 aromatic rings. The van der Waals surface area contributed by atoms with Gasteiger partial charge in [0, 0.05) is 0 Å². The second kappa shape index (κ2) is 13.9. The van der Waals surface area contributed by atoms with E-state index in [0.717, 1.165) is 0 Å². The molecule has 0 saturated carbocycles. The maximum absolute atomic E-state index is 2.36. The maximum atomic E-state index is 2.36. The molecule has 0 atom stereocenters.